The van der Waals surface area contributed by atoms with Gasteiger partial charge in [-0.05, 0) is 42.6 Å². The molecule has 0 spiro atoms. The maximum absolute atomic E-state index is 13.3. The smallest absolute Gasteiger partial charge is 0.339 e. The lowest BCUT2D eigenvalue weighted by Crippen LogP contribution is -2.21. The summed E-state index contributed by atoms with van der Waals surface area (Å²) in [5, 5.41) is 38.6. The first kappa shape index (κ1) is 35.0. The van der Waals surface area contributed by atoms with Gasteiger partial charge < -0.3 is 29.6 Å². The van der Waals surface area contributed by atoms with E-state index in [4.69, 9.17) is 19.5 Å². The number of hydrogen-bond acceptors (Lipinski definition) is 11. The van der Waals surface area contributed by atoms with Crippen LogP contribution >= 0.6 is 0 Å². The highest BCUT2D eigenvalue weighted by Crippen LogP contribution is 2.21. The van der Waals surface area contributed by atoms with Crippen LogP contribution in [0.15, 0.2) is 36.4 Å². The number of aliphatic hydroxyl groups excluding tert-OH is 2. The molecular weight excluding hydrogens is 584 g/mol. The Balaban J connectivity index is 2.27. The summed E-state index contributed by atoms with van der Waals surface area (Å²) in [7, 11) is 0.485. The topological polar surface area (TPSA) is 197 Å². The standard InChI is InChI=1S/C28H34O12Si2/c1-41-10-2-4-20(29)16-39-28(35)24-13-18(8-9-22(24)26(32)33)25(31)17-6-7-19(14-40-36)23(12-17)27(34)38-15-21(30)5-3-11-42-37/h6-9,12-13,20-21,29-30,36-37H,2-5,10-11,14-16H2,1H3,(H,32,33). The maximum atomic E-state index is 13.3. The third-order valence-corrected chi connectivity index (χ3v) is 7.58. The summed E-state index contributed by atoms with van der Waals surface area (Å²) in [4.78, 5) is 63.6. The molecule has 0 aromatic heterocycles. The first-order chi connectivity index (χ1) is 20.1. The van der Waals surface area contributed by atoms with Gasteiger partial charge in [0, 0.05) is 20.6 Å². The first-order valence-electron chi connectivity index (χ1n) is 13.2. The van der Waals surface area contributed by atoms with Gasteiger partial charge in [0.25, 0.3) is 0 Å². The van der Waals surface area contributed by atoms with Crippen LogP contribution in [-0.4, -0.2) is 93.8 Å². The zero-order chi connectivity index (χ0) is 31.1. The quantitative estimate of drug-likeness (QED) is 0.0385. The molecule has 2 atom stereocenters. The van der Waals surface area contributed by atoms with Gasteiger partial charge in [-0.3, -0.25) is 10.1 Å². The molecule has 0 saturated heterocycles. The fraction of sp³-hybridized carbons (Fsp3) is 0.429. The number of carboxylic acids is 1. The first-order valence-corrected chi connectivity index (χ1v) is 16.0. The molecule has 0 bridgehead atoms. The van der Waals surface area contributed by atoms with Gasteiger partial charge in [-0.2, -0.15) is 0 Å². The summed E-state index contributed by atoms with van der Waals surface area (Å²) in [6.07, 6.45) is 0.144. The van der Waals surface area contributed by atoms with E-state index in [-0.39, 0.29) is 50.8 Å². The number of hydrogen-bond donors (Lipinski definition) is 5. The van der Waals surface area contributed by atoms with E-state index in [1.807, 2.05) is 6.55 Å². The van der Waals surface area contributed by atoms with Crippen molar-refractivity contribution in [2.75, 3.05) is 13.2 Å². The van der Waals surface area contributed by atoms with Crippen LogP contribution in [0, 0.1) is 0 Å². The number of rotatable bonds is 19. The Morgan fingerprint density at radius 3 is 1.90 bits per heavy atom. The fourth-order valence-electron chi connectivity index (χ4n) is 3.91. The van der Waals surface area contributed by atoms with Crippen LogP contribution in [0.2, 0.25) is 18.6 Å². The summed E-state index contributed by atoms with van der Waals surface area (Å²) in [5.74, 6) is -3.97. The van der Waals surface area contributed by atoms with Gasteiger partial charge in [0.05, 0.1) is 28.9 Å². The Morgan fingerprint density at radius 2 is 1.36 bits per heavy atom. The summed E-state index contributed by atoms with van der Waals surface area (Å²) in [6, 6.07) is 8.75. The molecule has 42 heavy (non-hydrogen) atoms. The van der Waals surface area contributed by atoms with Crippen LogP contribution in [0.3, 0.4) is 0 Å². The van der Waals surface area contributed by atoms with Crippen LogP contribution in [0.5, 0.6) is 0 Å². The van der Waals surface area contributed by atoms with Gasteiger partial charge in [0.15, 0.2) is 5.78 Å². The molecule has 0 heterocycles. The molecule has 12 nitrogen and oxygen atoms in total. The van der Waals surface area contributed by atoms with Gasteiger partial charge >= 0.3 is 17.9 Å². The molecule has 0 aliphatic heterocycles. The molecule has 5 N–H and O–H groups in total. The SMILES string of the molecule is C[Si]CCCC(O)COC(=O)c1cc(C(=O)c2ccc(COO)c(C(=O)OCC(O)CCC[Si]O)c2)ccc1C(=O)O. The predicted molar refractivity (Wildman–Crippen MR) is 151 cm³/mol. The fourth-order valence-corrected chi connectivity index (χ4v) is 4.83. The minimum absolute atomic E-state index is 0.0115. The molecule has 2 aromatic rings. The lowest BCUT2D eigenvalue weighted by Gasteiger charge is -2.14. The molecule has 14 heteroatoms. The van der Waals surface area contributed by atoms with Crippen molar-refractivity contribution >= 4 is 43.0 Å². The molecule has 4 radical (unpaired) electrons. The van der Waals surface area contributed by atoms with Crippen LogP contribution < -0.4 is 0 Å². The molecule has 0 aliphatic rings. The number of ether oxygens (including phenoxy) is 2. The third kappa shape index (κ3) is 10.9. The zero-order valence-electron chi connectivity index (χ0n) is 23.1. The Morgan fingerprint density at radius 1 is 0.810 bits per heavy atom. The van der Waals surface area contributed by atoms with Gasteiger partial charge in [-0.15, -0.1) is 0 Å². The van der Waals surface area contributed by atoms with Crippen LogP contribution in [0.25, 0.3) is 0 Å². The number of esters is 2. The molecular formula is C28H34O12Si2. The van der Waals surface area contributed by atoms with Crippen molar-refractivity contribution in [3.8, 4) is 0 Å². The van der Waals surface area contributed by atoms with E-state index < -0.39 is 48.1 Å². The number of aliphatic hydroxyl groups is 2. The van der Waals surface area contributed by atoms with Crippen molar-refractivity contribution in [3.63, 3.8) is 0 Å². The molecule has 226 valence electrons. The van der Waals surface area contributed by atoms with Crippen molar-refractivity contribution in [1.29, 1.82) is 0 Å². The minimum Gasteiger partial charge on any atom is -0.478 e. The normalized spacial score (nSPS) is 12.4. The van der Waals surface area contributed by atoms with Crippen molar-refractivity contribution < 1.29 is 58.9 Å². The van der Waals surface area contributed by atoms with Crippen LogP contribution in [0.4, 0.5) is 0 Å². The molecule has 0 amide bonds. The van der Waals surface area contributed by atoms with E-state index in [2.05, 4.69) is 4.89 Å². The third-order valence-electron chi connectivity index (χ3n) is 6.15. The summed E-state index contributed by atoms with van der Waals surface area (Å²) < 4.78 is 10.3. The van der Waals surface area contributed by atoms with E-state index in [1.165, 1.54) is 24.3 Å². The molecule has 0 aliphatic carbocycles. The molecule has 0 saturated carbocycles. The van der Waals surface area contributed by atoms with Crippen molar-refractivity contribution in [3.05, 3.63) is 69.8 Å². The van der Waals surface area contributed by atoms with Gasteiger partial charge in [0.2, 0.25) is 9.76 Å². The van der Waals surface area contributed by atoms with Crippen molar-refractivity contribution in [2.24, 2.45) is 0 Å². The van der Waals surface area contributed by atoms with E-state index >= 15 is 0 Å². The van der Waals surface area contributed by atoms with Gasteiger partial charge in [-0.25, -0.2) is 19.3 Å². The Bertz CT molecular complexity index is 1220. The minimum atomic E-state index is -1.41. The average molecular weight is 619 g/mol. The molecule has 2 aromatic carbocycles. The van der Waals surface area contributed by atoms with E-state index in [9.17, 15) is 34.5 Å². The average Bonchev–Trinajstić information content (AvgIpc) is 2.98. The highest BCUT2D eigenvalue weighted by atomic mass is 28.2. The highest BCUT2D eigenvalue weighted by Gasteiger charge is 2.23. The lowest BCUT2D eigenvalue weighted by atomic mass is 9.95. The van der Waals surface area contributed by atoms with E-state index in [0.29, 0.717) is 25.3 Å². The second kappa shape index (κ2) is 18.3. The molecule has 0 fully saturated rings. The van der Waals surface area contributed by atoms with Crippen LogP contribution in [0.1, 0.15) is 78.2 Å². The van der Waals surface area contributed by atoms with E-state index in [1.54, 1.807) is 0 Å². The Kier molecular flexibility index (Phi) is 15.3. The van der Waals surface area contributed by atoms with Gasteiger partial charge in [-0.1, -0.05) is 43.6 Å². The Hall–Kier alpha value is -3.25. The molecule has 2 unspecified atom stereocenters. The Labute approximate surface area is 247 Å². The summed E-state index contributed by atoms with van der Waals surface area (Å²) in [5.41, 5.74) is -0.770. The van der Waals surface area contributed by atoms with Gasteiger partial charge in [0.1, 0.15) is 19.8 Å². The lowest BCUT2D eigenvalue weighted by molar-refractivity contribution is -0.253. The predicted octanol–water partition coefficient (Wildman–Crippen LogP) is 2.40. The zero-order valence-corrected chi connectivity index (χ0v) is 25.1. The van der Waals surface area contributed by atoms with Crippen molar-refractivity contribution in [2.45, 2.75) is 63.1 Å². The number of aromatic carboxylic acids is 1. The summed E-state index contributed by atoms with van der Waals surface area (Å²) in [6.45, 7) is 0.973. The highest BCUT2D eigenvalue weighted by molar-refractivity contribution is 6.33. The monoisotopic (exact) mass is 618 g/mol. The second-order valence-electron chi connectivity index (χ2n) is 9.34. The number of carbonyl (C=O) groups excluding carboxylic acids is 3. The second-order valence-corrected chi connectivity index (χ2v) is 11.4. The molecule has 2 rings (SSSR count). The summed E-state index contributed by atoms with van der Waals surface area (Å²) >= 11 is 0. The van der Waals surface area contributed by atoms with Crippen LogP contribution in [-0.2, 0) is 21.0 Å². The number of carboxylic acid groups (broad SMARTS) is 1. The van der Waals surface area contributed by atoms with Crippen molar-refractivity contribution in [1.82, 2.24) is 0 Å². The maximum Gasteiger partial charge on any atom is 0.339 e. The number of benzene rings is 2. The largest absolute Gasteiger partial charge is 0.478 e. The van der Waals surface area contributed by atoms with E-state index in [0.717, 1.165) is 34.1 Å². The number of ketones is 1. The number of carbonyl (C=O) groups is 4.